The highest BCUT2D eigenvalue weighted by Gasteiger charge is 2.32. The Morgan fingerprint density at radius 1 is 0.786 bits per heavy atom. The smallest absolute Gasteiger partial charge is 0.126 e. The third kappa shape index (κ3) is 6.03. The quantitative estimate of drug-likeness (QED) is 0.374. The molecule has 28 heavy (non-hydrogen) atoms. The van der Waals surface area contributed by atoms with Gasteiger partial charge in [-0.3, -0.25) is 0 Å². The maximum absolute atomic E-state index is 13.7. The molecule has 0 nitrogen and oxygen atoms in total. The van der Waals surface area contributed by atoms with Crippen LogP contribution in [0.2, 0.25) is 0 Å². The van der Waals surface area contributed by atoms with Crippen LogP contribution in [0.5, 0.6) is 0 Å². The van der Waals surface area contributed by atoms with Gasteiger partial charge in [-0.05, 0) is 48.3 Å². The molecular weight excluding hydrogens is 350 g/mol. The summed E-state index contributed by atoms with van der Waals surface area (Å²) in [6.45, 7) is 2.27. The first-order chi connectivity index (χ1) is 13.7. The number of allylic oxidation sites excluding steroid dienone is 4. The molecule has 0 N–H and O–H groups in total. The highest BCUT2D eigenvalue weighted by atomic mass is 19.1. The summed E-state index contributed by atoms with van der Waals surface area (Å²) in [4.78, 5) is 0. The van der Waals surface area contributed by atoms with E-state index >= 15 is 0 Å². The van der Waals surface area contributed by atoms with Crippen molar-refractivity contribution >= 4 is 0 Å². The van der Waals surface area contributed by atoms with Crippen LogP contribution in [0, 0.1) is 29.4 Å². The van der Waals surface area contributed by atoms with Crippen LogP contribution in [0.3, 0.4) is 0 Å². The molecule has 0 aliphatic heterocycles. The van der Waals surface area contributed by atoms with Crippen molar-refractivity contribution in [2.75, 3.05) is 0 Å². The van der Waals surface area contributed by atoms with Crippen LogP contribution in [0.15, 0.2) is 42.5 Å². The molecule has 0 spiro atoms. The first-order valence-corrected chi connectivity index (χ1v) is 11.5. The van der Waals surface area contributed by atoms with Gasteiger partial charge in [0.05, 0.1) is 0 Å². The molecule has 2 atom stereocenters. The van der Waals surface area contributed by atoms with Crippen LogP contribution >= 0.6 is 0 Å². The van der Waals surface area contributed by atoms with E-state index in [2.05, 4.69) is 25.2 Å². The van der Waals surface area contributed by atoms with Gasteiger partial charge in [-0.15, -0.1) is 0 Å². The van der Waals surface area contributed by atoms with Crippen molar-refractivity contribution in [3.8, 4) is 0 Å². The summed E-state index contributed by atoms with van der Waals surface area (Å²) in [5, 5.41) is 0. The molecule has 0 aromatic heterocycles. The molecule has 1 saturated carbocycles. The molecule has 3 rings (SSSR count). The standard InChI is InChI=1S/C26H36F2/c1-2-3-4-5-6-7-10-20-13-15-21(16-14-20)25-11-8-9-12-26(25)22-17-23(27)19-24(28)18-22/h8-9,11-12,17-21,25-26H,2-7,10,13-16H2,1H3. The lowest BCUT2D eigenvalue weighted by molar-refractivity contribution is 0.209. The van der Waals surface area contributed by atoms with Crippen LogP contribution in [0.25, 0.3) is 0 Å². The third-order valence-corrected chi connectivity index (χ3v) is 6.85. The molecular formula is C26H36F2. The number of rotatable bonds is 9. The fraction of sp³-hybridized carbons (Fsp3) is 0.615. The van der Waals surface area contributed by atoms with E-state index in [1.165, 1.54) is 82.8 Å². The number of hydrogen-bond donors (Lipinski definition) is 0. The number of halogens is 2. The van der Waals surface area contributed by atoms with Crippen molar-refractivity contribution in [3.05, 3.63) is 59.7 Å². The van der Waals surface area contributed by atoms with Crippen molar-refractivity contribution in [1.82, 2.24) is 0 Å². The molecule has 0 bridgehead atoms. The van der Waals surface area contributed by atoms with Crippen molar-refractivity contribution in [1.29, 1.82) is 0 Å². The molecule has 2 aliphatic carbocycles. The third-order valence-electron chi connectivity index (χ3n) is 6.85. The van der Waals surface area contributed by atoms with Gasteiger partial charge in [-0.2, -0.15) is 0 Å². The SMILES string of the molecule is CCCCCCCCC1CCC(C2C=CC=CC2c2cc(F)cc(F)c2)CC1. The maximum Gasteiger partial charge on any atom is 0.126 e. The summed E-state index contributed by atoms with van der Waals surface area (Å²) >= 11 is 0. The van der Waals surface area contributed by atoms with Gasteiger partial charge in [-0.25, -0.2) is 8.78 Å². The van der Waals surface area contributed by atoms with E-state index in [1.54, 1.807) is 0 Å². The molecule has 0 saturated heterocycles. The summed E-state index contributed by atoms with van der Waals surface area (Å²) in [5.74, 6) is 1.02. The van der Waals surface area contributed by atoms with Gasteiger partial charge in [0.15, 0.2) is 0 Å². The maximum atomic E-state index is 13.7. The summed E-state index contributed by atoms with van der Waals surface area (Å²) in [6, 6.07) is 3.98. The molecule has 1 aromatic carbocycles. The average Bonchev–Trinajstić information content (AvgIpc) is 2.70. The average molecular weight is 387 g/mol. The van der Waals surface area contributed by atoms with E-state index in [4.69, 9.17) is 0 Å². The number of unbranched alkanes of at least 4 members (excludes halogenated alkanes) is 5. The van der Waals surface area contributed by atoms with Gasteiger partial charge in [0.25, 0.3) is 0 Å². The molecule has 154 valence electrons. The normalized spacial score (nSPS) is 27.2. The van der Waals surface area contributed by atoms with Crippen LogP contribution in [-0.2, 0) is 0 Å². The molecule has 0 amide bonds. The van der Waals surface area contributed by atoms with Gasteiger partial charge < -0.3 is 0 Å². The van der Waals surface area contributed by atoms with Crippen LogP contribution in [0.4, 0.5) is 8.78 Å². The zero-order valence-corrected chi connectivity index (χ0v) is 17.4. The summed E-state index contributed by atoms with van der Waals surface area (Å²) in [6.07, 6.45) is 23.3. The Kier molecular flexibility index (Phi) is 8.30. The number of benzene rings is 1. The fourth-order valence-electron chi connectivity index (χ4n) is 5.25. The van der Waals surface area contributed by atoms with E-state index in [-0.39, 0.29) is 5.92 Å². The molecule has 0 radical (unpaired) electrons. The highest BCUT2D eigenvalue weighted by molar-refractivity contribution is 5.32. The van der Waals surface area contributed by atoms with E-state index in [1.807, 2.05) is 6.08 Å². The van der Waals surface area contributed by atoms with Crippen LogP contribution in [-0.4, -0.2) is 0 Å². The van der Waals surface area contributed by atoms with Crippen molar-refractivity contribution in [2.24, 2.45) is 17.8 Å². The van der Waals surface area contributed by atoms with Crippen molar-refractivity contribution in [3.63, 3.8) is 0 Å². The van der Waals surface area contributed by atoms with E-state index in [0.29, 0.717) is 11.8 Å². The Labute approximate surface area is 170 Å². The van der Waals surface area contributed by atoms with Crippen molar-refractivity contribution < 1.29 is 8.78 Å². The van der Waals surface area contributed by atoms with E-state index < -0.39 is 11.6 Å². The zero-order valence-electron chi connectivity index (χ0n) is 17.4. The predicted octanol–water partition coefficient (Wildman–Crippen LogP) is 8.35. The van der Waals surface area contributed by atoms with Gasteiger partial charge in [-0.1, -0.05) is 89.0 Å². The largest absolute Gasteiger partial charge is 0.207 e. The molecule has 0 heterocycles. The topological polar surface area (TPSA) is 0 Å². The Hall–Kier alpha value is -1.44. The summed E-state index contributed by atoms with van der Waals surface area (Å²) in [5.41, 5.74) is 0.775. The lowest BCUT2D eigenvalue weighted by Gasteiger charge is -2.37. The minimum Gasteiger partial charge on any atom is -0.207 e. The van der Waals surface area contributed by atoms with Crippen LogP contribution in [0.1, 0.15) is 89.0 Å². The van der Waals surface area contributed by atoms with Gasteiger partial charge in [0.2, 0.25) is 0 Å². The van der Waals surface area contributed by atoms with Gasteiger partial charge >= 0.3 is 0 Å². The zero-order chi connectivity index (χ0) is 19.8. The Morgan fingerprint density at radius 3 is 2.14 bits per heavy atom. The summed E-state index contributed by atoms with van der Waals surface area (Å²) in [7, 11) is 0. The predicted molar refractivity (Wildman–Crippen MR) is 114 cm³/mol. The molecule has 2 aliphatic rings. The van der Waals surface area contributed by atoms with Crippen LogP contribution < -0.4 is 0 Å². The molecule has 1 fully saturated rings. The molecule has 2 unspecified atom stereocenters. The first-order valence-electron chi connectivity index (χ1n) is 11.5. The minimum absolute atomic E-state index is 0.0929. The molecule has 2 heteroatoms. The Bertz CT molecular complexity index is 632. The monoisotopic (exact) mass is 386 g/mol. The first kappa shape index (κ1) is 21.3. The lowest BCUT2D eigenvalue weighted by atomic mass is 9.68. The highest BCUT2D eigenvalue weighted by Crippen LogP contribution is 2.43. The second-order valence-electron chi connectivity index (χ2n) is 8.91. The van der Waals surface area contributed by atoms with E-state index in [0.717, 1.165) is 17.5 Å². The Morgan fingerprint density at radius 2 is 1.43 bits per heavy atom. The van der Waals surface area contributed by atoms with E-state index in [9.17, 15) is 8.78 Å². The minimum atomic E-state index is -0.473. The Balaban J connectivity index is 1.50. The lowest BCUT2D eigenvalue weighted by Crippen LogP contribution is -2.25. The van der Waals surface area contributed by atoms with Gasteiger partial charge in [0, 0.05) is 12.0 Å². The van der Waals surface area contributed by atoms with Crippen molar-refractivity contribution in [2.45, 2.75) is 83.5 Å². The van der Waals surface area contributed by atoms with Gasteiger partial charge in [0.1, 0.15) is 11.6 Å². The number of hydrogen-bond acceptors (Lipinski definition) is 0. The molecule has 1 aromatic rings. The summed E-state index contributed by atoms with van der Waals surface area (Å²) < 4.78 is 27.5. The second-order valence-corrected chi connectivity index (χ2v) is 8.91. The second kappa shape index (κ2) is 10.9. The fourth-order valence-corrected chi connectivity index (χ4v) is 5.25.